The van der Waals surface area contributed by atoms with Crippen molar-refractivity contribution in [2.45, 2.75) is 42.2 Å². The predicted molar refractivity (Wildman–Crippen MR) is 46.1 cm³/mol. The van der Waals surface area contributed by atoms with Gasteiger partial charge < -0.3 is 0 Å². The molecule has 0 aliphatic heterocycles. The molecule has 0 nitrogen and oxygen atoms in total. The highest BCUT2D eigenvalue weighted by Crippen LogP contribution is 2.60. The van der Waals surface area contributed by atoms with Crippen molar-refractivity contribution < 1.29 is 79.0 Å². The summed E-state index contributed by atoms with van der Waals surface area (Å²) in [7, 11) is 0. The Kier molecular flexibility index (Phi) is 5.90. The second-order valence-corrected chi connectivity index (χ2v) is 4.48. The summed E-state index contributed by atoms with van der Waals surface area (Å²) in [6.45, 7) is 0. The van der Waals surface area contributed by atoms with Crippen LogP contribution in [0, 0.1) is 0 Å². The van der Waals surface area contributed by atoms with E-state index in [9.17, 15) is 79.0 Å². The van der Waals surface area contributed by atoms with Crippen molar-refractivity contribution in [1.29, 1.82) is 0 Å². The monoisotopic (exact) mass is 450 g/mol. The molecule has 0 aromatic heterocycles. The third-order valence-electron chi connectivity index (χ3n) is 2.60. The lowest BCUT2D eigenvalue weighted by atomic mass is 9.91. The molecule has 0 fully saturated rings. The van der Waals surface area contributed by atoms with Crippen LogP contribution < -0.4 is 0 Å². The van der Waals surface area contributed by atoms with E-state index in [0.29, 0.717) is 0 Å². The maximum Gasteiger partial charge on any atom is 0.460 e. The van der Waals surface area contributed by atoms with E-state index in [1.54, 1.807) is 0 Å². The molecule has 0 aliphatic carbocycles. The van der Waals surface area contributed by atoms with Gasteiger partial charge in [-0.15, -0.1) is 0 Å². The summed E-state index contributed by atoms with van der Waals surface area (Å²) in [4.78, 5) is 0. The lowest BCUT2D eigenvalue weighted by molar-refractivity contribution is -0.395. The zero-order valence-electron chi connectivity index (χ0n) is 11.3. The second-order valence-electron chi connectivity index (χ2n) is 4.48. The molecule has 0 rings (SSSR count). The van der Waals surface area contributed by atoms with Gasteiger partial charge in [-0.25, -0.2) is 4.39 Å². The van der Waals surface area contributed by atoms with Crippen molar-refractivity contribution in [1.82, 2.24) is 0 Å². The standard InChI is InChI=1S/C9F18/c10-2(5(15,16)17)1(4(13,14)8(22,23)24)3(11,12)6(18,19)7(20,21)9(25,26)27. The average molecular weight is 450 g/mol. The molecular weight excluding hydrogens is 450 g/mol. The SMILES string of the molecule is FC(=C(C(F)(F)C(F)(F)F)C(F)(F)C(F)(F)C(F)(F)C(F)(F)F)C(F)(F)F. The zero-order valence-corrected chi connectivity index (χ0v) is 11.3. The summed E-state index contributed by atoms with van der Waals surface area (Å²) in [6, 6.07) is 0. The van der Waals surface area contributed by atoms with Crippen LogP contribution in [0.3, 0.4) is 0 Å². The Balaban J connectivity index is 7.17. The van der Waals surface area contributed by atoms with Gasteiger partial charge in [0.05, 0.1) is 0 Å². The van der Waals surface area contributed by atoms with Crippen molar-refractivity contribution in [2.75, 3.05) is 0 Å². The van der Waals surface area contributed by atoms with Gasteiger partial charge >= 0.3 is 42.2 Å². The fourth-order valence-electron chi connectivity index (χ4n) is 1.29. The van der Waals surface area contributed by atoms with Gasteiger partial charge in [-0.05, 0) is 0 Å². The van der Waals surface area contributed by atoms with Crippen LogP contribution in [-0.4, -0.2) is 42.2 Å². The van der Waals surface area contributed by atoms with E-state index in [2.05, 4.69) is 0 Å². The Bertz CT molecular complexity index is 579. The van der Waals surface area contributed by atoms with Gasteiger partial charge in [-0.2, -0.15) is 74.6 Å². The molecule has 162 valence electrons. The molecule has 0 spiro atoms. The van der Waals surface area contributed by atoms with Gasteiger partial charge in [0.25, 0.3) is 0 Å². The van der Waals surface area contributed by atoms with Gasteiger partial charge in [0.1, 0.15) is 5.57 Å². The Morgan fingerprint density at radius 2 is 0.741 bits per heavy atom. The van der Waals surface area contributed by atoms with Gasteiger partial charge in [-0.3, -0.25) is 0 Å². The number of hydrogen-bond donors (Lipinski definition) is 0. The third-order valence-corrected chi connectivity index (χ3v) is 2.60. The van der Waals surface area contributed by atoms with E-state index >= 15 is 0 Å². The first kappa shape index (κ1) is 25.5. The second kappa shape index (κ2) is 6.25. The van der Waals surface area contributed by atoms with Crippen LogP contribution >= 0.6 is 0 Å². The molecule has 0 N–H and O–H groups in total. The van der Waals surface area contributed by atoms with Crippen LogP contribution in [0.4, 0.5) is 79.0 Å². The maximum absolute atomic E-state index is 13.2. The third kappa shape index (κ3) is 3.88. The molecule has 0 aromatic carbocycles. The number of rotatable bonds is 4. The van der Waals surface area contributed by atoms with Crippen molar-refractivity contribution in [2.24, 2.45) is 0 Å². The van der Waals surface area contributed by atoms with Gasteiger partial charge in [0.2, 0.25) is 5.83 Å². The summed E-state index contributed by atoms with van der Waals surface area (Å²) in [5.74, 6) is -38.1. The molecule has 0 saturated heterocycles. The van der Waals surface area contributed by atoms with Gasteiger partial charge in [0.15, 0.2) is 0 Å². The normalized spacial score (nSPS) is 17.1. The van der Waals surface area contributed by atoms with E-state index in [-0.39, 0.29) is 0 Å². The Hall–Kier alpha value is -1.52. The van der Waals surface area contributed by atoms with Gasteiger partial charge in [-0.1, -0.05) is 0 Å². The topological polar surface area (TPSA) is 0 Å². The molecule has 27 heavy (non-hydrogen) atoms. The summed E-state index contributed by atoms with van der Waals surface area (Å²) >= 11 is 0. The Morgan fingerprint density at radius 3 is 0.963 bits per heavy atom. The fourth-order valence-corrected chi connectivity index (χ4v) is 1.29. The highest BCUT2D eigenvalue weighted by Gasteiger charge is 2.86. The Morgan fingerprint density at radius 1 is 0.407 bits per heavy atom. The lowest BCUT2D eigenvalue weighted by Gasteiger charge is -2.37. The van der Waals surface area contributed by atoms with Crippen LogP contribution in [0.25, 0.3) is 0 Å². The summed E-state index contributed by atoms with van der Waals surface area (Å²) < 4.78 is 223. The van der Waals surface area contributed by atoms with E-state index in [1.165, 1.54) is 0 Å². The van der Waals surface area contributed by atoms with Crippen LogP contribution in [0.15, 0.2) is 11.4 Å². The van der Waals surface area contributed by atoms with Crippen molar-refractivity contribution >= 4 is 0 Å². The Labute approximate surface area is 134 Å². The maximum atomic E-state index is 13.2. The van der Waals surface area contributed by atoms with Crippen LogP contribution in [0.2, 0.25) is 0 Å². The molecule has 0 amide bonds. The van der Waals surface area contributed by atoms with E-state index in [4.69, 9.17) is 0 Å². The average Bonchev–Trinajstić information content (AvgIpc) is 2.33. The van der Waals surface area contributed by atoms with Crippen molar-refractivity contribution in [3.63, 3.8) is 0 Å². The van der Waals surface area contributed by atoms with Gasteiger partial charge in [0, 0.05) is 0 Å². The molecule has 0 heterocycles. The van der Waals surface area contributed by atoms with Crippen molar-refractivity contribution in [3.8, 4) is 0 Å². The largest absolute Gasteiger partial charge is 0.460 e. The summed E-state index contributed by atoms with van der Waals surface area (Å²) in [5.41, 5.74) is -5.66. The van der Waals surface area contributed by atoms with E-state index in [0.717, 1.165) is 0 Å². The van der Waals surface area contributed by atoms with Crippen LogP contribution in [-0.2, 0) is 0 Å². The first-order valence-corrected chi connectivity index (χ1v) is 5.40. The van der Waals surface area contributed by atoms with Crippen LogP contribution in [0.1, 0.15) is 0 Å². The quantitative estimate of drug-likeness (QED) is 0.433. The number of halogens is 18. The highest BCUT2D eigenvalue weighted by atomic mass is 19.4. The van der Waals surface area contributed by atoms with E-state index < -0.39 is 53.6 Å². The number of allylic oxidation sites excluding steroid dienone is 2. The van der Waals surface area contributed by atoms with Crippen LogP contribution in [0.5, 0.6) is 0 Å². The zero-order chi connectivity index (χ0) is 22.7. The molecule has 18 heteroatoms. The minimum atomic E-state index is -8.40. The van der Waals surface area contributed by atoms with E-state index in [1.807, 2.05) is 0 Å². The first-order valence-electron chi connectivity index (χ1n) is 5.40. The smallest absolute Gasteiger partial charge is 0.201 e. The molecule has 0 atom stereocenters. The molecular formula is C9F18. The molecule has 0 radical (unpaired) electrons. The molecule has 0 saturated carbocycles. The van der Waals surface area contributed by atoms with Crippen molar-refractivity contribution in [3.05, 3.63) is 11.4 Å². The lowest BCUT2D eigenvalue weighted by Crippen LogP contribution is -2.64. The minimum Gasteiger partial charge on any atom is -0.201 e. The molecule has 0 aromatic rings. The molecule has 0 bridgehead atoms. The first-order chi connectivity index (χ1) is 11.3. The number of hydrogen-bond acceptors (Lipinski definition) is 0. The molecule has 0 unspecified atom stereocenters. The fraction of sp³-hybridized carbons (Fsp3) is 0.778. The predicted octanol–water partition coefficient (Wildman–Crippen LogP) is 6.44. The summed E-state index contributed by atoms with van der Waals surface area (Å²) in [5, 5.41) is 0. The highest BCUT2D eigenvalue weighted by molar-refractivity contribution is 5.33. The number of alkyl halides is 17. The minimum absolute atomic E-state index is 5.34. The summed E-state index contributed by atoms with van der Waals surface area (Å²) in [6.07, 6.45) is -22.8. The molecule has 0 aliphatic rings.